The summed E-state index contributed by atoms with van der Waals surface area (Å²) in [6.45, 7) is 0. The Morgan fingerprint density at radius 2 is 0.732 bits per heavy atom. The number of hydrogen-bond acceptors (Lipinski definition) is 3. The largest absolute Gasteiger partial charge is 0.456 e. The first kappa shape index (κ1) is 38.8. The topological polar surface area (TPSA) is 29.5 Å². The van der Waals surface area contributed by atoms with Gasteiger partial charge >= 0.3 is 0 Å². The molecule has 3 aliphatic rings. The third-order valence-corrected chi connectivity index (χ3v) is 16.2. The Hall–Kier alpha value is -9.18. The molecule has 3 aliphatic carbocycles. The summed E-state index contributed by atoms with van der Waals surface area (Å²) in [6, 6.07) is 91.3. The van der Waals surface area contributed by atoms with E-state index in [9.17, 15) is 0 Å². The molecule has 0 unspecified atom stereocenters. The minimum atomic E-state index is -0.640. The van der Waals surface area contributed by atoms with Crippen molar-refractivity contribution in [1.82, 2.24) is 0 Å². The molecular weight excluding hydrogens is 863 g/mol. The minimum Gasteiger partial charge on any atom is -0.456 e. The van der Waals surface area contributed by atoms with Crippen LogP contribution in [0.15, 0.2) is 258 Å². The van der Waals surface area contributed by atoms with Crippen molar-refractivity contribution in [2.45, 2.75) is 10.8 Å². The molecule has 11 aromatic carbocycles. The van der Waals surface area contributed by atoms with Crippen molar-refractivity contribution in [2.24, 2.45) is 0 Å². The quantitative estimate of drug-likeness (QED) is 0.172. The van der Waals surface area contributed by atoms with Crippen LogP contribution in [-0.2, 0) is 10.8 Å². The highest BCUT2D eigenvalue weighted by atomic mass is 16.3. The maximum Gasteiger partial charge on any atom is 0.159 e. The maximum absolute atomic E-state index is 7.39. The molecule has 0 saturated heterocycles. The zero-order valence-electron chi connectivity index (χ0n) is 38.4. The first-order valence-electron chi connectivity index (χ1n) is 24.6. The monoisotopic (exact) mass is 903 g/mol. The second-order valence-corrected chi connectivity index (χ2v) is 19.3. The Bertz CT molecular complexity index is 4270. The lowest BCUT2D eigenvalue weighted by Crippen LogP contribution is -2.28. The molecule has 330 valence electrons. The molecule has 0 atom stereocenters. The van der Waals surface area contributed by atoms with Crippen LogP contribution < -0.4 is 4.90 Å². The van der Waals surface area contributed by atoms with Crippen LogP contribution in [0.1, 0.15) is 44.5 Å². The molecule has 3 heteroatoms. The Labute approximate surface area is 410 Å². The zero-order chi connectivity index (χ0) is 46.4. The highest BCUT2D eigenvalue weighted by molar-refractivity contribution is 6.17. The fourth-order valence-corrected chi connectivity index (χ4v) is 13.5. The molecule has 16 rings (SSSR count). The molecule has 3 nitrogen and oxygen atoms in total. The predicted molar refractivity (Wildman–Crippen MR) is 289 cm³/mol. The van der Waals surface area contributed by atoms with Crippen molar-refractivity contribution in [3.63, 3.8) is 0 Å². The Kier molecular flexibility index (Phi) is 7.75. The number of fused-ring (bicyclic) bond motifs is 19. The average Bonchev–Trinajstić information content (AvgIpc) is 4.23. The zero-order valence-corrected chi connectivity index (χ0v) is 38.4. The molecule has 0 radical (unpaired) electrons. The number of nitrogens with zero attached hydrogens (tertiary/aromatic N) is 1. The molecule has 2 aromatic heterocycles. The first-order chi connectivity index (χ1) is 35.2. The van der Waals surface area contributed by atoms with Crippen LogP contribution in [0.2, 0.25) is 0 Å². The van der Waals surface area contributed by atoms with Gasteiger partial charge in [0.05, 0.1) is 27.6 Å². The second kappa shape index (κ2) is 14.2. The number of rotatable bonds is 5. The van der Waals surface area contributed by atoms with Gasteiger partial charge in [-0.15, -0.1) is 0 Å². The van der Waals surface area contributed by atoms with Gasteiger partial charge in [0.15, 0.2) is 5.58 Å². The lowest BCUT2D eigenvalue weighted by molar-refractivity contribution is 0.648. The molecule has 1 spiro atoms. The summed E-state index contributed by atoms with van der Waals surface area (Å²) in [7, 11) is 0. The van der Waals surface area contributed by atoms with Crippen molar-refractivity contribution in [1.29, 1.82) is 0 Å². The molecule has 2 heterocycles. The van der Waals surface area contributed by atoms with Gasteiger partial charge in [-0.25, -0.2) is 0 Å². The van der Waals surface area contributed by atoms with E-state index in [0.29, 0.717) is 0 Å². The predicted octanol–water partition coefficient (Wildman–Crippen LogP) is 17.7. The van der Waals surface area contributed by atoms with E-state index in [0.717, 1.165) is 66.5 Å². The fourth-order valence-electron chi connectivity index (χ4n) is 13.5. The van der Waals surface area contributed by atoms with E-state index in [-0.39, 0.29) is 0 Å². The van der Waals surface area contributed by atoms with Gasteiger partial charge in [-0.2, -0.15) is 0 Å². The van der Waals surface area contributed by atoms with E-state index in [1.165, 1.54) is 72.3 Å². The normalized spacial score (nSPS) is 14.1. The fraction of sp³-hybridized carbons (Fsp3) is 0.0294. The van der Waals surface area contributed by atoms with Crippen LogP contribution in [0.5, 0.6) is 0 Å². The molecule has 0 fully saturated rings. The van der Waals surface area contributed by atoms with Gasteiger partial charge in [0.2, 0.25) is 0 Å². The van der Waals surface area contributed by atoms with Crippen molar-refractivity contribution < 1.29 is 8.83 Å². The molecule has 13 aromatic rings. The molecule has 0 aliphatic heterocycles. The molecular formula is C68H41NO2. The Balaban J connectivity index is 1.00. The highest BCUT2D eigenvalue weighted by Gasteiger charge is 2.52. The van der Waals surface area contributed by atoms with Gasteiger partial charge in [-0.05, 0) is 109 Å². The highest BCUT2D eigenvalue weighted by Crippen LogP contribution is 2.64. The lowest BCUT2D eigenvalue weighted by Gasteiger charge is -2.33. The number of furan rings is 2. The molecule has 0 N–H and O–H groups in total. The second-order valence-electron chi connectivity index (χ2n) is 19.3. The van der Waals surface area contributed by atoms with E-state index < -0.39 is 10.8 Å². The van der Waals surface area contributed by atoms with Gasteiger partial charge < -0.3 is 13.7 Å². The molecule has 0 amide bonds. The van der Waals surface area contributed by atoms with Crippen LogP contribution >= 0.6 is 0 Å². The summed E-state index contributed by atoms with van der Waals surface area (Å²) < 4.78 is 14.4. The van der Waals surface area contributed by atoms with E-state index in [2.05, 4.69) is 254 Å². The van der Waals surface area contributed by atoms with Crippen LogP contribution in [0.4, 0.5) is 17.1 Å². The van der Waals surface area contributed by atoms with E-state index in [1.54, 1.807) is 0 Å². The summed E-state index contributed by atoms with van der Waals surface area (Å²) in [5, 5.41) is 4.25. The number of benzene rings is 11. The maximum atomic E-state index is 7.39. The van der Waals surface area contributed by atoms with Gasteiger partial charge in [0.25, 0.3) is 0 Å². The first-order valence-corrected chi connectivity index (χ1v) is 24.6. The van der Waals surface area contributed by atoms with E-state index in [4.69, 9.17) is 8.83 Å². The van der Waals surface area contributed by atoms with Crippen LogP contribution in [0, 0.1) is 0 Å². The van der Waals surface area contributed by atoms with Gasteiger partial charge in [0, 0.05) is 27.4 Å². The Morgan fingerprint density at radius 3 is 1.38 bits per heavy atom. The summed E-state index contributed by atoms with van der Waals surface area (Å²) >= 11 is 0. The van der Waals surface area contributed by atoms with Crippen molar-refractivity contribution in [3.05, 3.63) is 293 Å². The third kappa shape index (κ3) is 4.87. The van der Waals surface area contributed by atoms with Gasteiger partial charge in [-0.1, -0.05) is 212 Å². The third-order valence-electron chi connectivity index (χ3n) is 16.2. The average molecular weight is 904 g/mol. The van der Waals surface area contributed by atoms with Crippen molar-refractivity contribution >= 4 is 60.9 Å². The van der Waals surface area contributed by atoms with Crippen LogP contribution in [-0.4, -0.2) is 0 Å². The summed E-state index contributed by atoms with van der Waals surface area (Å²) in [4.78, 5) is 2.44. The standard InChI is InChI=1S/C68H41NO2/c1-2-19-42(20-3-1)67(53-29-10-4-21-44(53)45-22-5-11-30-54(45)67)58-34-16-28-52-64-60(35-18-38-63(64)71-65(52)58)69(61-36-17-27-51-50-26-9-15-37-62(50)70-66(51)61)43-39-40-49-48-25-8-14-33-57(48)68(59(49)41-43)55-31-12-6-23-46(55)47-24-7-13-32-56(47)68/h1-41H. The van der Waals surface area contributed by atoms with Gasteiger partial charge in [0.1, 0.15) is 16.7 Å². The molecule has 0 bridgehead atoms. The lowest BCUT2D eigenvalue weighted by atomic mass is 9.67. The van der Waals surface area contributed by atoms with Crippen molar-refractivity contribution in [2.75, 3.05) is 4.90 Å². The summed E-state index contributed by atoms with van der Waals surface area (Å²) in [6.07, 6.45) is 0. The smallest absolute Gasteiger partial charge is 0.159 e. The van der Waals surface area contributed by atoms with E-state index >= 15 is 0 Å². The minimum absolute atomic E-state index is 0.519. The van der Waals surface area contributed by atoms with Crippen LogP contribution in [0.3, 0.4) is 0 Å². The summed E-state index contributed by atoms with van der Waals surface area (Å²) in [5.74, 6) is 0. The molecule has 0 saturated carbocycles. The number of hydrogen-bond donors (Lipinski definition) is 0. The number of anilines is 3. The molecule has 71 heavy (non-hydrogen) atoms. The van der Waals surface area contributed by atoms with Crippen molar-refractivity contribution in [3.8, 4) is 33.4 Å². The van der Waals surface area contributed by atoms with Gasteiger partial charge in [-0.3, -0.25) is 0 Å². The summed E-state index contributed by atoms with van der Waals surface area (Å²) in [5.41, 5.74) is 22.8. The Morgan fingerprint density at radius 1 is 0.282 bits per heavy atom. The van der Waals surface area contributed by atoms with E-state index in [1.807, 2.05) is 0 Å². The SMILES string of the molecule is c1ccc(C2(c3cccc4c3oc3cccc(N(c5ccc6c(c5)C5(c7ccccc7-c7ccccc75)c5ccccc5-6)c5cccc6c5oc5ccccc56)c34)c3ccccc3-c3ccccc32)cc1. The number of para-hydroxylation sites is 3. The van der Waals surface area contributed by atoms with Crippen LogP contribution in [0.25, 0.3) is 77.3 Å².